The number of ether oxygens (including phenoxy) is 2. The van der Waals surface area contributed by atoms with E-state index >= 15 is 0 Å². The lowest BCUT2D eigenvalue weighted by Gasteiger charge is -2.32. The maximum absolute atomic E-state index is 5.64. The Morgan fingerprint density at radius 3 is 2.90 bits per heavy atom. The predicted octanol–water partition coefficient (Wildman–Crippen LogP) is -0.235. The van der Waals surface area contributed by atoms with Crippen LogP contribution in [-0.2, 0) is 9.47 Å². The van der Waals surface area contributed by atoms with Crippen LogP contribution >= 0.6 is 0 Å². The lowest BCUT2D eigenvalue weighted by Crippen LogP contribution is -2.50. The smallest absolute Gasteiger partial charge is 0.106 e. The summed E-state index contributed by atoms with van der Waals surface area (Å²) in [5.74, 6) is 0. The number of rotatable bonds is 0. The van der Waals surface area contributed by atoms with Crippen molar-refractivity contribution in [3.8, 4) is 0 Å². The molecule has 2 fully saturated rings. The van der Waals surface area contributed by atoms with Gasteiger partial charge in [-0.2, -0.15) is 0 Å². The molecule has 3 nitrogen and oxygen atoms in total. The van der Waals surface area contributed by atoms with Crippen molar-refractivity contribution in [2.24, 2.45) is 0 Å². The summed E-state index contributed by atoms with van der Waals surface area (Å²) in [4.78, 5) is 0. The van der Waals surface area contributed by atoms with Crippen molar-refractivity contribution < 1.29 is 9.47 Å². The van der Waals surface area contributed by atoms with E-state index in [0.29, 0.717) is 0 Å². The van der Waals surface area contributed by atoms with E-state index in [1.807, 2.05) is 0 Å². The molecule has 3 heteroatoms. The molecule has 2 rings (SSSR count). The summed E-state index contributed by atoms with van der Waals surface area (Å²) < 4.78 is 10.9. The Bertz CT molecular complexity index is 113. The van der Waals surface area contributed by atoms with Crippen molar-refractivity contribution in [3.05, 3.63) is 0 Å². The zero-order valence-electron chi connectivity index (χ0n) is 6.06. The third kappa shape index (κ3) is 1.05. The molecule has 0 aromatic rings. The molecule has 0 unspecified atom stereocenters. The maximum Gasteiger partial charge on any atom is 0.106 e. The first-order chi connectivity index (χ1) is 4.91. The molecule has 0 aromatic heterocycles. The molecule has 0 amide bonds. The fraction of sp³-hybridized carbons (Fsp3) is 1.00. The third-order valence-electron chi connectivity index (χ3n) is 2.20. The number of hydrogen-bond acceptors (Lipinski definition) is 3. The molecule has 0 saturated carbocycles. The zero-order valence-corrected chi connectivity index (χ0v) is 6.06. The van der Waals surface area contributed by atoms with Crippen LogP contribution in [0.1, 0.15) is 6.42 Å². The van der Waals surface area contributed by atoms with Crippen LogP contribution in [0.3, 0.4) is 0 Å². The Morgan fingerprint density at radius 1 is 1.30 bits per heavy atom. The fourth-order valence-electron chi connectivity index (χ4n) is 1.55. The maximum atomic E-state index is 5.64. The van der Waals surface area contributed by atoms with E-state index in [9.17, 15) is 0 Å². The molecule has 2 heterocycles. The second-order valence-corrected chi connectivity index (χ2v) is 3.01. The number of hydrogen-bond donors (Lipinski definition) is 1. The van der Waals surface area contributed by atoms with Gasteiger partial charge >= 0.3 is 0 Å². The summed E-state index contributed by atoms with van der Waals surface area (Å²) in [7, 11) is 0. The van der Waals surface area contributed by atoms with Crippen LogP contribution in [0.4, 0.5) is 0 Å². The summed E-state index contributed by atoms with van der Waals surface area (Å²) in [6, 6.07) is 0. The van der Waals surface area contributed by atoms with Gasteiger partial charge in [-0.05, 0) is 0 Å². The lowest BCUT2D eigenvalue weighted by atomic mass is 10.0. The molecule has 58 valence electrons. The molecule has 2 aliphatic rings. The molecule has 0 aliphatic carbocycles. The average molecular weight is 143 g/mol. The first kappa shape index (κ1) is 6.58. The lowest BCUT2D eigenvalue weighted by molar-refractivity contribution is -0.0674. The third-order valence-corrected chi connectivity index (χ3v) is 2.20. The van der Waals surface area contributed by atoms with Crippen molar-refractivity contribution in [3.63, 3.8) is 0 Å². The zero-order chi connectivity index (χ0) is 6.86. The van der Waals surface area contributed by atoms with Gasteiger partial charge in [-0.25, -0.2) is 0 Å². The average Bonchev–Trinajstić information content (AvgIpc) is 2.39. The highest BCUT2D eigenvalue weighted by molar-refractivity contribution is 4.89. The Hall–Kier alpha value is -0.120. The number of nitrogens with one attached hydrogen (secondary N) is 1. The summed E-state index contributed by atoms with van der Waals surface area (Å²) in [5, 5.41) is 3.31. The van der Waals surface area contributed by atoms with Gasteiger partial charge in [-0.15, -0.1) is 0 Å². The first-order valence-electron chi connectivity index (χ1n) is 3.84. The molecule has 1 atom stereocenters. The van der Waals surface area contributed by atoms with Crippen molar-refractivity contribution in [2.75, 3.05) is 32.9 Å². The van der Waals surface area contributed by atoms with E-state index in [-0.39, 0.29) is 5.60 Å². The monoisotopic (exact) mass is 143 g/mol. The summed E-state index contributed by atoms with van der Waals surface area (Å²) in [5.41, 5.74) is 0.0399. The highest BCUT2D eigenvalue weighted by Gasteiger charge is 2.37. The fourth-order valence-corrected chi connectivity index (χ4v) is 1.55. The van der Waals surface area contributed by atoms with Gasteiger partial charge < -0.3 is 14.8 Å². The second-order valence-electron chi connectivity index (χ2n) is 3.01. The minimum atomic E-state index is 0.0399. The SMILES string of the molecule is C1CO[C@]2(CCOC2)CN1. The van der Waals surface area contributed by atoms with Crippen LogP contribution in [0.2, 0.25) is 0 Å². The predicted molar refractivity (Wildman–Crippen MR) is 37.0 cm³/mol. The normalized spacial score (nSPS) is 40.8. The summed E-state index contributed by atoms with van der Waals surface area (Å²) in [6.07, 6.45) is 1.06. The van der Waals surface area contributed by atoms with Crippen molar-refractivity contribution in [1.82, 2.24) is 5.32 Å². The van der Waals surface area contributed by atoms with Crippen molar-refractivity contribution >= 4 is 0 Å². The number of morpholine rings is 1. The highest BCUT2D eigenvalue weighted by atomic mass is 16.6. The standard InChI is InChI=1S/C7H13NO2/c1-3-9-6-7(1)5-8-2-4-10-7/h8H,1-6H2/t7-/m1/s1. The molecule has 1 N–H and O–H groups in total. The molecule has 10 heavy (non-hydrogen) atoms. The van der Waals surface area contributed by atoms with Crippen LogP contribution in [-0.4, -0.2) is 38.5 Å². The van der Waals surface area contributed by atoms with E-state index in [1.165, 1.54) is 0 Å². The Labute approximate surface area is 60.7 Å². The minimum absolute atomic E-state index is 0.0399. The molecule has 2 saturated heterocycles. The highest BCUT2D eigenvalue weighted by Crippen LogP contribution is 2.23. The van der Waals surface area contributed by atoms with Crippen LogP contribution < -0.4 is 5.32 Å². The van der Waals surface area contributed by atoms with E-state index in [2.05, 4.69) is 5.32 Å². The second kappa shape index (κ2) is 2.49. The van der Waals surface area contributed by atoms with Gasteiger partial charge in [0.1, 0.15) is 5.60 Å². The van der Waals surface area contributed by atoms with E-state index < -0.39 is 0 Å². The quantitative estimate of drug-likeness (QED) is 0.508. The van der Waals surface area contributed by atoms with Crippen molar-refractivity contribution in [1.29, 1.82) is 0 Å². The van der Waals surface area contributed by atoms with Gasteiger partial charge in [0.15, 0.2) is 0 Å². The van der Waals surface area contributed by atoms with Gasteiger partial charge in [0.2, 0.25) is 0 Å². The van der Waals surface area contributed by atoms with Gasteiger partial charge in [-0.1, -0.05) is 0 Å². The van der Waals surface area contributed by atoms with Crippen LogP contribution in [0.15, 0.2) is 0 Å². The van der Waals surface area contributed by atoms with Crippen molar-refractivity contribution in [2.45, 2.75) is 12.0 Å². The molecule has 2 aliphatic heterocycles. The summed E-state index contributed by atoms with van der Waals surface area (Å²) >= 11 is 0. The Balaban J connectivity index is 1.98. The largest absolute Gasteiger partial charge is 0.378 e. The van der Waals surface area contributed by atoms with Gasteiger partial charge in [-0.3, -0.25) is 0 Å². The van der Waals surface area contributed by atoms with Crippen LogP contribution in [0.5, 0.6) is 0 Å². The topological polar surface area (TPSA) is 30.5 Å². The molecular formula is C7H13NO2. The van der Waals surface area contributed by atoms with Crippen LogP contribution in [0, 0.1) is 0 Å². The molecule has 0 radical (unpaired) electrons. The Morgan fingerprint density at radius 2 is 2.30 bits per heavy atom. The molecular weight excluding hydrogens is 130 g/mol. The summed E-state index contributed by atoms with van der Waals surface area (Å²) in [6.45, 7) is 4.43. The molecule has 0 aromatic carbocycles. The molecule has 0 bridgehead atoms. The minimum Gasteiger partial charge on any atom is -0.378 e. The van der Waals surface area contributed by atoms with Crippen LogP contribution in [0.25, 0.3) is 0 Å². The molecule has 1 spiro atoms. The first-order valence-corrected chi connectivity index (χ1v) is 3.84. The van der Waals surface area contributed by atoms with E-state index in [1.54, 1.807) is 0 Å². The van der Waals surface area contributed by atoms with Gasteiger partial charge in [0.05, 0.1) is 13.2 Å². The van der Waals surface area contributed by atoms with E-state index in [4.69, 9.17) is 9.47 Å². The van der Waals surface area contributed by atoms with Gasteiger partial charge in [0.25, 0.3) is 0 Å². The Kier molecular flexibility index (Phi) is 1.64. The van der Waals surface area contributed by atoms with E-state index in [0.717, 1.165) is 39.3 Å². The van der Waals surface area contributed by atoms with Gasteiger partial charge in [0, 0.05) is 26.1 Å².